The van der Waals surface area contributed by atoms with Gasteiger partial charge < -0.3 is 10.1 Å². The highest BCUT2D eigenvalue weighted by Crippen LogP contribution is 2.11. The van der Waals surface area contributed by atoms with Crippen LogP contribution in [0.2, 0.25) is 0 Å². The van der Waals surface area contributed by atoms with E-state index in [9.17, 15) is 4.39 Å². The molecule has 1 aliphatic heterocycles. The predicted octanol–water partition coefficient (Wildman–Crippen LogP) is 2.40. The normalized spacial score (nSPS) is 21.0. The first-order valence-corrected chi connectivity index (χ1v) is 5.82. The molecule has 1 N–H and O–H groups in total. The molecule has 88 valence electrons. The monoisotopic (exact) mass is 223 g/mol. The molecule has 1 heterocycles. The molecule has 1 fully saturated rings. The Morgan fingerprint density at radius 2 is 2.38 bits per heavy atom. The summed E-state index contributed by atoms with van der Waals surface area (Å²) in [6.07, 6.45) is 2.26. The van der Waals surface area contributed by atoms with Crippen LogP contribution in [-0.4, -0.2) is 19.3 Å². The van der Waals surface area contributed by atoms with Gasteiger partial charge in [0, 0.05) is 19.2 Å². The van der Waals surface area contributed by atoms with E-state index in [4.69, 9.17) is 4.74 Å². The van der Waals surface area contributed by atoms with Crippen molar-refractivity contribution in [2.75, 3.05) is 13.2 Å². The molecule has 0 amide bonds. The number of halogens is 1. The summed E-state index contributed by atoms with van der Waals surface area (Å²) < 4.78 is 18.7. The maximum Gasteiger partial charge on any atom is 0.126 e. The second-order valence-corrected chi connectivity index (χ2v) is 4.38. The van der Waals surface area contributed by atoms with Gasteiger partial charge in [0.05, 0.1) is 6.61 Å². The summed E-state index contributed by atoms with van der Waals surface area (Å²) in [5.41, 5.74) is 1.69. The molecule has 0 bridgehead atoms. The van der Waals surface area contributed by atoms with Gasteiger partial charge in [-0.2, -0.15) is 0 Å². The van der Waals surface area contributed by atoms with E-state index in [2.05, 4.69) is 5.32 Å². The third kappa shape index (κ3) is 3.03. The highest BCUT2D eigenvalue weighted by Gasteiger charge is 2.12. The molecule has 0 spiro atoms. The number of hydrogen-bond donors (Lipinski definition) is 1. The Morgan fingerprint density at radius 3 is 3.06 bits per heavy atom. The SMILES string of the molecule is Cc1ccc(CNC2CCCOC2)cc1F. The third-order valence-corrected chi connectivity index (χ3v) is 2.99. The van der Waals surface area contributed by atoms with E-state index >= 15 is 0 Å². The minimum absolute atomic E-state index is 0.126. The zero-order valence-electron chi connectivity index (χ0n) is 9.63. The van der Waals surface area contributed by atoms with E-state index in [-0.39, 0.29) is 5.82 Å². The van der Waals surface area contributed by atoms with Crippen molar-refractivity contribution in [3.63, 3.8) is 0 Å². The van der Waals surface area contributed by atoms with Crippen LogP contribution in [0.5, 0.6) is 0 Å². The van der Waals surface area contributed by atoms with Gasteiger partial charge in [-0.15, -0.1) is 0 Å². The lowest BCUT2D eigenvalue weighted by Gasteiger charge is -2.23. The number of nitrogens with one attached hydrogen (secondary N) is 1. The van der Waals surface area contributed by atoms with Crippen LogP contribution in [0.25, 0.3) is 0 Å². The fraction of sp³-hybridized carbons (Fsp3) is 0.538. The summed E-state index contributed by atoms with van der Waals surface area (Å²) in [7, 11) is 0. The van der Waals surface area contributed by atoms with Crippen LogP contribution in [0.15, 0.2) is 18.2 Å². The van der Waals surface area contributed by atoms with Gasteiger partial charge in [-0.3, -0.25) is 0 Å². The lowest BCUT2D eigenvalue weighted by molar-refractivity contribution is 0.0699. The molecule has 1 aliphatic rings. The molecule has 0 saturated carbocycles. The number of rotatable bonds is 3. The Morgan fingerprint density at radius 1 is 1.50 bits per heavy atom. The van der Waals surface area contributed by atoms with Crippen molar-refractivity contribution in [3.05, 3.63) is 35.1 Å². The van der Waals surface area contributed by atoms with Crippen molar-refractivity contribution < 1.29 is 9.13 Å². The maximum absolute atomic E-state index is 13.3. The summed E-state index contributed by atoms with van der Waals surface area (Å²) in [6.45, 7) is 4.14. The molecule has 0 radical (unpaired) electrons. The molecule has 1 aromatic rings. The molecule has 1 aromatic carbocycles. The first-order chi connectivity index (χ1) is 7.75. The second kappa shape index (κ2) is 5.41. The average Bonchev–Trinajstić information content (AvgIpc) is 2.32. The first-order valence-electron chi connectivity index (χ1n) is 5.82. The Hall–Kier alpha value is -0.930. The van der Waals surface area contributed by atoms with Gasteiger partial charge in [-0.25, -0.2) is 4.39 Å². The van der Waals surface area contributed by atoms with Gasteiger partial charge in [0.25, 0.3) is 0 Å². The largest absolute Gasteiger partial charge is 0.380 e. The van der Waals surface area contributed by atoms with E-state index in [1.807, 2.05) is 12.1 Å². The summed E-state index contributed by atoms with van der Waals surface area (Å²) >= 11 is 0. The fourth-order valence-electron chi connectivity index (χ4n) is 1.91. The zero-order valence-corrected chi connectivity index (χ0v) is 9.63. The van der Waals surface area contributed by atoms with Crippen molar-refractivity contribution in [2.24, 2.45) is 0 Å². The van der Waals surface area contributed by atoms with Crippen LogP contribution >= 0.6 is 0 Å². The molecule has 16 heavy (non-hydrogen) atoms. The molecule has 2 rings (SSSR count). The van der Waals surface area contributed by atoms with Crippen molar-refractivity contribution in [1.29, 1.82) is 0 Å². The Labute approximate surface area is 95.8 Å². The molecular weight excluding hydrogens is 205 g/mol. The Bertz CT molecular complexity index is 348. The molecular formula is C13H18FNO. The minimum atomic E-state index is -0.126. The van der Waals surface area contributed by atoms with E-state index in [0.717, 1.165) is 31.6 Å². The van der Waals surface area contributed by atoms with Crippen LogP contribution in [-0.2, 0) is 11.3 Å². The quantitative estimate of drug-likeness (QED) is 0.849. The highest BCUT2D eigenvalue weighted by atomic mass is 19.1. The summed E-state index contributed by atoms with van der Waals surface area (Å²) in [4.78, 5) is 0. The van der Waals surface area contributed by atoms with Crippen LogP contribution in [0.1, 0.15) is 24.0 Å². The van der Waals surface area contributed by atoms with Gasteiger partial charge in [-0.05, 0) is 37.0 Å². The van der Waals surface area contributed by atoms with E-state index < -0.39 is 0 Å². The standard InChI is InChI=1S/C13H18FNO/c1-10-4-5-11(7-13(10)14)8-15-12-3-2-6-16-9-12/h4-5,7,12,15H,2-3,6,8-9H2,1H3. The minimum Gasteiger partial charge on any atom is -0.380 e. The molecule has 1 atom stereocenters. The van der Waals surface area contributed by atoms with E-state index in [1.54, 1.807) is 13.0 Å². The molecule has 0 aliphatic carbocycles. The second-order valence-electron chi connectivity index (χ2n) is 4.38. The Balaban J connectivity index is 1.86. The summed E-state index contributed by atoms with van der Waals surface area (Å²) in [5, 5.41) is 3.39. The van der Waals surface area contributed by atoms with Crippen molar-refractivity contribution >= 4 is 0 Å². The summed E-state index contributed by atoms with van der Waals surface area (Å²) in [5.74, 6) is -0.126. The lowest BCUT2D eigenvalue weighted by Crippen LogP contribution is -2.36. The van der Waals surface area contributed by atoms with E-state index in [0.29, 0.717) is 18.2 Å². The van der Waals surface area contributed by atoms with Gasteiger partial charge >= 0.3 is 0 Å². The zero-order chi connectivity index (χ0) is 11.4. The lowest BCUT2D eigenvalue weighted by atomic mass is 10.1. The molecule has 0 aromatic heterocycles. The third-order valence-electron chi connectivity index (χ3n) is 2.99. The fourth-order valence-corrected chi connectivity index (χ4v) is 1.91. The number of ether oxygens (including phenoxy) is 1. The number of benzene rings is 1. The first kappa shape index (κ1) is 11.6. The predicted molar refractivity (Wildman–Crippen MR) is 61.8 cm³/mol. The van der Waals surface area contributed by atoms with Gasteiger partial charge in [0.15, 0.2) is 0 Å². The highest BCUT2D eigenvalue weighted by molar-refractivity contribution is 5.23. The van der Waals surface area contributed by atoms with Crippen LogP contribution < -0.4 is 5.32 Å². The number of aryl methyl sites for hydroxylation is 1. The van der Waals surface area contributed by atoms with Crippen molar-refractivity contribution in [2.45, 2.75) is 32.4 Å². The van der Waals surface area contributed by atoms with Crippen LogP contribution in [0, 0.1) is 12.7 Å². The average molecular weight is 223 g/mol. The smallest absolute Gasteiger partial charge is 0.126 e. The topological polar surface area (TPSA) is 21.3 Å². The Kier molecular flexibility index (Phi) is 3.91. The van der Waals surface area contributed by atoms with E-state index in [1.165, 1.54) is 0 Å². The molecule has 1 saturated heterocycles. The molecule has 2 nitrogen and oxygen atoms in total. The van der Waals surface area contributed by atoms with Crippen molar-refractivity contribution in [3.8, 4) is 0 Å². The summed E-state index contributed by atoms with van der Waals surface area (Å²) in [6, 6.07) is 5.81. The van der Waals surface area contributed by atoms with Gasteiger partial charge in [-0.1, -0.05) is 12.1 Å². The maximum atomic E-state index is 13.3. The number of hydrogen-bond acceptors (Lipinski definition) is 2. The van der Waals surface area contributed by atoms with Crippen LogP contribution in [0.4, 0.5) is 4.39 Å². The van der Waals surface area contributed by atoms with Crippen molar-refractivity contribution in [1.82, 2.24) is 5.32 Å². The van der Waals surface area contributed by atoms with Gasteiger partial charge in [0.1, 0.15) is 5.82 Å². The van der Waals surface area contributed by atoms with Crippen LogP contribution in [0.3, 0.4) is 0 Å². The molecule has 3 heteroatoms. The molecule has 1 unspecified atom stereocenters. The van der Waals surface area contributed by atoms with Gasteiger partial charge in [0.2, 0.25) is 0 Å².